The molecule has 0 spiro atoms. The van der Waals surface area contributed by atoms with E-state index < -0.39 is 0 Å². The number of nitrogens with two attached hydrogens (primary N) is 1. The van der Waals surface area contributed by atoms with Gasteiger partial charge >= 0.3 is 0 Å². The van der Waals surface area contributed by atoms with E-state index in [1.54, 1.807) is 11.8 Å². The Morgan fingerprint density at radius 1 is 1.42 bits per heavy atom. The van der Waals surface area contributed by atoms with E-state index in [9.17, 15) is 0 Å². The summed E-state index contributed by atoms with van der Waals surface area (Å²) >= 11 is 0. The molecule has 0 bridgehead atoms. The summed E-state index contributed by atoms with van der Waals surface area (Å²) in [5, 5.41) is 11.9. The van der Waals surface area contributed by atoms with Crippen LogP contribution in [0.4, 0.5) is 5.69 Å². The lowest BCUT2D eigenvalue weighted by Crippen LogP contribution is -2.16. The van der Waals surface area contributed by atoms with Gasteiger partial charge in [-0.1, -0.05) is 19.1 Å². The Labute approximate surface area is 112 Å². The van der Waals surface area contributed by atoms with Crippen molar-refractivity contribution in [2.45, 2.75) is 26.3 Å². The van der Waals surface area contributed by atoms with Gasteiger partial charge in [-0.05, 0) is 35.4 Å². The summed E-state index contributed by atoms with van der Waals surface area (Å²) in [6, 6.07) is 5.98. The van der Waals surface area contributed by atoms with Gasteiger partial charge in [0.2, 0.25) is 0 Å². The van der Waals surface area contributed by atoms with Crippen LogP contribution in [0.3, 0.4) is 0 Å². The molecule has 0 fully saturated rings. The van der Waals surface area contributed by atoms with Crippen molar-refractivity contribution < 1.29 is 4.74 Å². The van der Waals surface area contributed by atoms with Crippen molar-refractivity contribution in [3.8, 4) is 11.4 Å². The van der Waals surface area contributed by atoms with Gasteiger partial charge in [-0.15, -0.1) is 5.10 Å². The molecular formula is C13H19N5O. The lowest BCUT2D eigenvalue weighted by Gasteiger charge is -2.15. The maximum Gasteiger partial charge on any atom is 0.182 e. The molecule has 0 radical (unpaired) electrons. The summed E-state index contributed by atoms with van der Waals surface area (Å²) in [4.78, 5) is 0. The van der Waals surface area contributed by atoms with Crippen molar-refractivity contribution >= 4 is 5.69 Å². The van der Waals surface area contributed by atoms with Crippen LogP contribution in [0.1, 0.15) is 24.9 Å². The number of anilines is 1. The zero-order valence-electron chi connectivity index (χ0n) is 11.5. The van der Waals surface area contributed by atoms with E-state index in [4.69, 9.17) is 10.5 Å². The van der Waals surface area contributed by atoms with Crippen LogP contribution in [0.15, 0.2) is 18.2 Å². The molecular weight excluding hydrogens is 242 g/mol. The number of nitrogens with zero attached hydrogens (tertiary/aromatic N) is 4. The number of hydrogen-bond acceptors (Lipinski definition) is 5. The summed E-state index contributed by atoms with van der Waals surface area (Å²) in [7, 11) is 1.68. The zero-order valence-corrected chi connectivity index (χ0v) is 11.5. The molecule has 102 valence electrons. The zero-order chi connectivity index (χ0) is 13.8. The van der Waals surface area contributed by atoms with Crippen LogP contribution in [0.5, 0.6) is 0 Å². The second-order valence-corrected chi connectivity index (χ2v) is 4.54. The largest absolute Gasteiger partial charge is 0.398 e. The third-order valence-corrected chi connectivity index (χ3v) is 3.21. The molecule has 0 aliphatic heterocycles. The highest BCUT2D eigenvalue weighted by Gasteiger charge is 2.17. The van der Waals surface area contributed by atoms with E-state index in [2.05, 4.69) is 22.4 Å². The number of hydrogen-bond donors (Lipinski definition) is 1. The fourth-order valence-electron chi connectivity index (χ4n) is 1.96. The molecule has 0 saturated heterocycles. The Morgan fingerprint density at radius 2 is 2.21 bits per heavy atom. The van der Waals surface area contributed by atoms with Gasteiger partial charge in [0.15, 0.2) is 5.82 Å². The monoisotopic (exact) mass is 261 g/mol. The maximum atomic E-state index is 5.94. The highest BCUT2D eigenvalue weighted by atomic mass is 16.5. The van der Waals surface area contributed by atoms with Crippen molar-refractivity contribution in [2.75, 3.05) is 19.5 Å². The summed E-state index contributed by atoms with van der Waals surface area (Å²) in [5.41, 5.74) is 8.65. The molecule has 0 amide bonds. The number of benzene rings is 1. The molecule has 6 heteroatoms. The smallest absolute Gasteiger partial charge is 0.182 e. The molecule has 1 aromatic heterocycles. The molecule has 0 aliphatic rings. The minimum atomic E-state index is 0.123. The SMILES string of the molecule is CCC(COC)n1nnnc1-c1ccc(C)c(N)c1. The first kappa shape index (κ1) is 13.5. The Hall–Kier alpha value is -1.95. The molecule has 19 heavy (non-hydrogen) atoms. The lowest BCUT2D eigenvalue weighted by molar-refractivity contribution is 0.147. The standard InChI is InChI=1S/C13H19N5O/c1-4-11(8-19-3)18-13(15-16-17-18)10-6-5-9(2)12(14)7-10/h5-7,11H,4,8,14H2,1-3H3. The van der Waals surface area contributed by atoms with Crippen LogP contribution in [0.25, 0.3) is 11.4 Å². The summed E-state index contributed by atoms with van der Waals surface area (Å²) < 4.78 is 7.01. The Bertz CT molecular complexity index is 552. The molecule has 0 aliphatic carbocycles. The Kier molecular flexibility index (Phi) is 4.11. The first-order chi connectivity index (χ1) is 9.17. The Morgan fingerprint density at radius 3 is 2.84 bits per heavy atom. The number of aryl methyl sites for hydroxylation is 1. The minimum absolute atomic E-state index is 0.123. The molecule has 2 aromatic rings. The lowest BCUT2D eigenvalue weighted by atomic mass is 10.1. The van der Waals surface area contributed by atoms with E-state index in [-0.39, 0.29) is 6.04 Å². The molecule has 1 aromatic carbocycles. The van der Waals surface area contributed by atoms with Crippen molar-refractivity contribution in [1.82, 2.24) is 20.2 Å². The minimum Gasteiger partial charge on any atom is -0.398 e. The fourth-order valence-corrected chi connectivity index (χ4v) is 1.96. The molecule has 2 rings (SSSR count). The Balaban J connectivity index is 2.40. The van der Waals surface area contributed by atoms with Crippen molar-refractivity contribution in [3.63, 3.8) is 0 Å². The van der Waals surface area contributed by atoms with Gasteiger partial charge in [-0.2, -0.15) is 0 Å². The molecule has 0 saturated carbocycles. The number of aromatic nitrogens is 4. The number of methoxy groups -OCH3 is 1. The van der Waals surface area contributed by atoms with Crippen LogP contribution in [0, 0.1) is 6.92 Å². The second-order valence-electron chi connectivity index (χ2n) is 4.54. The average Bonchev–Trinajstić information content (AvgIpc) is 2.88. The van der Waals surface area contributed by atoms with Crippen molar-refractivity contribution in [1.29, 1.82) is 0 Å². The van der Waals surface area contributed by atoms with Crippen molar-refractivity contribution in [3.05, 3.63) is 23.8 Å². The predicted molar refractivity (Wildman–Crippen MR) is 73.6 cm³/mol. The van der Waals surface area contributed by atoms with Crippen molar-refractivity contribution in [2.24, 2.45) is 0 Å². The third kappa shape index (κ3) is 2.73. The van der Waals surface area contributed by atoms with Gasteiger partial charge in [0.25, 0.3) is 0 Å². The maximum absolute atomic E-state index is 5.94. The molecule has 1 unspecified atom stereocenters. The van der Waals surface area contributed by atoms with E-state index >= 15 is 0 Å². The van der Waals surface area contributed by atoms with Gasteiger partial charge in [0.05, 0.1) is 12.6 Å². The quantitative estimate of drug-likeness (QED) is 0.831. The first-order valence-corrected chi connectivity index (χ1v) is 6.30. The van der Waals surface area contributed by atoms with Crippen LogP contribution in [0.2, 0.25) is 0 Å². The molecule has 1 heterocycles. The highest BCUT2D eigenvalue weighted by Crippen LogP contribution is 2.24. The van der Waals surface area contributed by atoms with E-state index in [0.29, 0.717) is 6.61 Å². The first-order valence-electron chi connectivity index (χ1n) is 6.30. The van der Waals surface area contributed by atoms with Crippen LogP contribution >= 0.6 is 0 Å². The summed E-state index contributed by atoms with van der Waals surface area (Å²) in [5.74, 6) is 0.718. The molecule has 1 atom stereocenters. The number of rotatable bonds is 5. The van der Waals surface area contributed by atoms with Crippen LogP contribution in [-0.2, 0) is 4.74 Å². The summed E-state index contributed by atoms with van der Waals surface area (Å²) in [6.07, 6.45) is 0.896. The van der Waals surface area contributed by atoms with E-state index in [1.807, 2.05) is 25.1 Å². The summed E-state index contributed by atoms with van der Waals surface area (Å²) in [6.45, 7) is 4.64. The predicted octanol–water partition coefficient (Wildman–Crippen LogP) is 1.83. The van der Waals surface area contributed by atoms with Gasteiger partial charge in [-0.25, -0.2) is 4.68 Å². The number of ether oxygens (including phenoxy) is 1. The van der Waals surface area contributed by atoms with Gasteiger partial charge in [-0.3, -0.25) is 0 Å². The topological polar surface area (TPSA) is 78.8 Å². The van der Waals surface area contributed by atoms with Gasteiger partial charge in [0, 0.05) is 18.4 Å². The van der Waals surface area contributed by atoms with Gasteiger partial charge in [0.1, 0.15) is 0 Å². The average molecular weight is 261 g/mol. The number of nitrogen functional groups attached to an aromatic ring is 1. The van der Waals surface area contributed by atoms with Gasteiger partial charge < -0.3 is 10.5 Å². The number of tetrazole rings is 1. The van der Waals surface area contributed by atoms with E-state index in [1.165, 1.54) is 0 Å². The highest BCUT2D eigenvalue weighted by molar-refractivity contribution is 5.63. The normalized spacial score (nSPS) is 12.6. The molecule has 2 N–H and O–H groups in total. The second kappa shape index (κ2) is 5.79. The third-order valence-electron chi connectivity index (χ3n) is 3.21. The molecule has 6 nitrogen and oxygen atoms in total. The van der Waals surface area contributed by atoms with Crippen LogP contribution < -0.4 is 5.73 Å². The fraction of sp³-hybridized carbons (Fsp3) is 0.462. The van der Waals surface area contributed by atoms with Crippen LogP contribution in [-0.4, -0.2) is 33.9 Å². The van der Waals surface area contributed by atoms with E-state index in [0.717, 1.165) is 29.1 Å².